The molecule has 0 aliphatic heterocycles. The maximum atomic E-state index is 12.5. The molecule has 0 unspecified atom stereocenters. The number of halogens is 6. The molecule has 2 rings (SSSR count). The molecule has 0 saturated carbocycles. The third kappa shape index (κ3) is 4.30. The molecule has 23 heavy (non-hydrogen) atoms. The van der Waals surface area contributed by atoms with E-state index in [1.807, 2.05) is 0 Å². The van der Waals surface area contributed by atoms with Crippen LogP contribution in [-0.4, -0.2) is 12.8 Å². The fourth-order valence-corrected chi connectivity index (χ4v) is 1.94. The van der Waals surface area contributed by atoms with Crippen molar-refractivity contribution < 1.29 is 31.1 Å². The lowest BCUT2D eigenvalue weighted by Gasteiger charge is -2.16. The zero-order valence-electron chi connectivity index (χ0n) is 11.5. The summed E-state index contributed by atoms with van der Waals surface area (Å²) in [5, 5.41) is 0. The summed E-state index contributed by atoms with van der Waals surface area (Å²) in [7, 11) is 0. The van der Waals surface area contributed by atoms with Gasteiger partial charge in [0, 0.05) is 5.56 Å². The number of hydrogen-bond donors (Lipinski definition) is 1. The lowest BCUT2D eigenvalue weighted by Crippen LogP contribution is -2.20. The van der Waals surface area contributed by atoms with Crippen LogP contribution >= 0.6 is 0 Å². The van der Waals surface area contributed by atoms with Gasteiger partial charge in [0.05, 0.1) is 11.3 Å². The van der Waals surface area contributed by atoms with Crippen LogP contribution in [0.4, 0.5) is 32.0 Å². The second-order valence-electron chi connectivity index (χ2n) is 4.70. The van der Waals surface area contributed by atoms with Gasteiger partial charge in [0.1, 0.15) is 5.75 Å². The van der Waals surface area contributed by atoms with Crippen LogP contribution in [0.15, 0.2) is 42.5 Å². The fourth-order valence-electron chi connectivity index (χ4n) is 1.94. The first-order chi connectivity index (χ1) is 10.6. The topological polar surface area (TPSA) is 35.2 Å². The Kier molecular flexibility index (Phi) is 4.44. The Hall–Kier alpha value is -2.38. The first-order valence-corrected chi connectivity index (χ1v) is 6.33. The first kappa shape index (κ1) is 17.0. The van der Waals surface area contributed by atoms with Crippen molar-refractivity contribution in [3.8, 4) is 16.9 Å². The van der Waals surface area contributed by atoms with Gasteiger partial charge >= 0.3 is 12.4 Å². The molecule has 0 heterocycles. The molecular formula is C15H11F6NO. The number of anilines is 1. The second-order valence-corrected chi connectivity index (χ2v) is 4.70. The Balaban J connectivity index is 2.37. The molecule has 2 N–H and O–H groups in total. The van der Waals surface area contributed by atoms with Crippen LogP contribution in [0.1, 0.15) is 5.56 Å². The maximum Gasteiger partial charge on any atom is 0.422 e. The highest BCUT2D eigenvalue weighted by Gasteiger charge is 2.31. The zero-order valence-corrected chi connectivity index (χ0v) is 11.5. The van der Waals surface area contributed by atoms with Gasteiger partial charge in [0.15, 0.2) is 6.61 Å². The standard InChI is InChI=1S/C15H11F6NO/c16-14(17,18)8-23-13-11(2-1-3-12(13)22)9-4-6-10(7-5-9)15(19,20)21/h1-7H,8,22H2. The summed E-state index contributed by atoms with van der Waals surface area (Å²) in [5.41, 5.74) is 5.17. The molecule has 0 fully saturated rings. The fraction of sp³-hybridized carbons (Fsp3) is 0.200. The Labute approximate surface area is 127 Å². The third-order valence-electron chi connectivity index (χ3n) is 2.95. The summed E-state index contributed by atoms with van der Waals surface area (Å²) < 4.78 is 79.3. The zero-order chi connectivity index (χ0) is 17.3. The molecule has 2 nitrogen and oxygen atoms in total. The van der Waals surface area contributed by atoms with Gasteiger partial charge in [0.25, 0.3) is 0 Å². The molecule has 124 valence electrons. The molecule has 0 radical (unpaired) electrons. The van der Waals surface area contributed by atoms with Crippen molar-refractivity contribution >= 4 is 5.69 Å². The highest BCUT2D eigenvalue weighted by atomic mass is 19.4. The molecule has 0 aromatic heterocycles. The Morgan fingerprint density at radius 2 is 1.48 bits per heavy atom. The van der Waals surface area contributed by atoms with Crippen LogP contribution in [0.3, 0.4) is 0 Å². The maximum absolute atomic E-state index is 12.5. The molecule has 2 aromatic rings. The quantitative estimate of drug-likeness (QED) is 0.640. The van der Waals surface area contributed by atoms with Crippen LogP contribution in [0.25, 0.3) is 11.1 Å². The summed E-state index contributed by atoms with van der Waals surface area (Å²) in [6, 6.07) is 8.22. The minimum absolute atomic E-state index is 0.0355. The average molecular weight is 335 g/mol. The predicted molar refractivity (Wildman–Crippen MR) is 72.8 cm³/mol. The van der Waals surface area contributed by atoms with Crippen molar-refractivity contribution in [3.63, 3.8) is 0 Å². The molecule has 0 aliphatic rings. The van der Waals surface area contributed by atoms with E-state index in [0.717, 1.165) is 24.3 Å². The number of ether oxygens (including phenoxy) is 1. The van der Waals surface area contributed by atoms with E-state index in [-0.39, 0.29) is 22.6 Å². The summed E-state index contributed by atoms with van der Waals surface area (Å²) >= 11 is 0. The molecule has 0 aliphatic carbocycles. The van der Waals surface area contributed by atoms with E-state index < -0.39 is 24.5 Å². The number of rotatable bonds is 3. The van der Waals surface area contributed by atoms with Gasteiger partial charge in [0.2, 0.25) is 0 Å². The summed E-state index contributed by atoms with van der Waals surface area (Å²) in [6.45, 7) is -1.55. The number of nitrogens with two attached hydrogens (primary N) is 1. The van der Waals surface area contributed by atoms with E-state index in [1.165, 1.54) is 18.2 Å². The molecular weight excluding hydrogens is 324 g/mol. The summed E-state index contributed by atoms with van der Waals surface area (Å²) in [4.78, 5) is 0. The highest BCUT2D eigenvalue weighted by molar-refractivity contribution is 5.77. The Morgan fingerprint density at radius 3 is 2.00 bits per heavy atom. The van der Waals surface area contributed by atoms with Gasteiger partial charge in [-0.2, -0.15) is 26.3 Å². The molecule has 0 bridgehead atoms. The monoisotopic (exact) mass is 335 g/mol. The minimum Gasteiger partial charge on any atom is -0.481 e. The number of nitrogen functional groups attached to an aromatic ring is 1. The molecule has 0 amide bonds. The van der Waals surface area contributed by atoms with Crippen LogP contribution in [0.2, 0.25) is 0 Å². The molecule has 0 atom stereocenters. The smallest absolute Gasteiger partial charge is 0.422 e. The lowest BCUT2D eigenvalue weighted by molar-refractivity contribution is -0.153. The molecule has 0 saturated heterocycles. The van der Waals surface area contributed by atoms with E-state index in [2.05, 4.69) is 0 Å². The molecule has 0 spiro atoms. The third-order valence-corrected chi connectivity index (χ3v) is 2.95. The Bertz CT molecular complexity index is 676. The van der Waals surface area contributed by atoms with Gasteiger partial charge < -0.3 is 10.5 Å². The van der Waals surface area contributed by atoms with Gasteiger partial charge in [-0.25, -0.2) is 0 Å². The largest absolute Gasteiger partial charge is 0.481 e. The number of para-hydroxylation sites is 1. The molecule has 2 aromatic carbocycles. The summed E-state index contributed by atoms with van der Waals surface area (Å²) in [6.07, 6.45) is -9.05. The lowest BCUT2D eigenvalue weighted by atomic mass is 10.0. The summed E-state index contributed by atoms with van der Waals surface area (Å²) in [5.74, 6) is -0.218. The van der Waals surface area contributed by atoms with Gasteiger partial charge in [-0.15, -0.1) is 0 Å². The minimum atomic E-state index is -4.56. The Morgan fingerprint density at radius 1 is 0.870 bits per heavy atom. The van der Waals surface area contributed by atoms with Crippen molar-refractivity contribution in [1.29, 1.82) is 0 Å². The van der Waals surface area contributed by atoms with Crippen molar-refractivity contribution in [3.05, 3.63) is 48.0 Å². The van der Waals surface area contributed by atoms with Crippen molar-refractivity contribution in [2.24, 2.45) is 0 Å². The number of hydrogen-bond acceptors (Lipinski definition) is 2. The van der Waals surface area contributed by atoms with Crippen LogP contribution in [0, 0.1) is 0 Å². The second kappa shape index (κ2) is 6.02. The van der Waals surface area contributed by atoms with E-state index >= 15 is 0 Å². The van der Waals surface area contributed by atoms with Crippen molar-refractivity contribution in [2.75, 3.05) is 12.3 Å². The van der Waals surface area contributed by atoms with Gasteiger partial charge in [-0.05, 0) is 23.8 Å². The molecule has 8 heteroatoms. The normalized spacial score (nSPS) is 12.3. The van der Waals surface area contributed by atoms with Crippen LogP contribution in [0.5, 0.6) is 5.75 Å². The van der Waals surface area contributed by atoms with E-state index in [0.29, 0.717) is 0 Å². The van der Waals surface area contributed by atoms with Crippen molar-refractivity contribution in [1.82, 2.24) is 0 Å². The van der Waals surface area contributed by atoms with E-state index in [1.54, 1.807) is 0 Å². The highest BCUT2D eigenvalue weighted by Crippen LogP contribution is 2.37. The van der Waals surface area contributed by atoms with Crippen molar-refractivity contribution in [2.45, 2.75) is 12.4 Å². The van der Waals surface area contributed by atoms with E-state index in [4.69, 9.17) is 10.5 Å². The van der Waals surface area contributed by atoms with Crippen LogP contribution in [-0.2, 0) is 6.18 Å². The predicted octanol–water partition coefficient (Wildman–Crippen LogP) is 4.90. The number of alkyl halides is 6. The van der Waals surface area contributed by atoms with Gasteiger partial charge in [-0.3, -0.25) is 0 Å². The first-order valence-electron chi connectivity index (χ1n) is 6.33. The number of benzene rings is 2. The van der Waals surface area contributed by atoms with E-state index in [9.17, 15) is 26.3 Å². The van der Waals surface area contributed by atoms with Crippen LogP contribution < -0.4 is 10.5 Å². The SMILES string of the molecule is Nc1cccc(-c2ccc(C(F)(F)F)cc2)c1OCC(F)(F)F. The van der Waals surface area contributed by atoms with Gasteiger partial charge in [-0.1, -0.05) is 24.3 Å². The average Bonchev–Trinajstić information content (AvgIpc) is 2.44.